The highest BCUT2D eigenvalue weighted by molar-refractivity contribution is 7.80. The standard InChI is InChI=1S/C12H11BS/c13-11-5-1-9(2-6-11)10-3-7-12(14)8-4-10/h1-8,14H,13H2. The van der Waals surface area contributed by atoms with Crippen LogP contribution in [-0.2, 0) is 0 Å². The van der Waals surface area contributed by atoms with Crippen molar-refractivity contribution in [3.05, 3.63) is 48.5 Å². The highest BCUT2D eigenvalue weighted by atomic mass is 32.1. The normalized spacial score (nSPS) is 10.1. The Morgan fingerprint density at radius 2 is 1.14 bits per heavy atom. The average Bonchev–Trinajstić information content (AvgIpc) is 2.21. The Morgan fingerprint density at radius 1 is 0.714 bits per heavy atom. The molecule has 14 heavy (non-hydrogen) atoms. The lowest BCUT2D eigenvalue weighted by molar-refractivity contribution is 1.47. The van der Waals surface area contributed by atoms with Gasteiger partial charge in [-0.15, -0.1) is 12.6 Å². The van der Waals surface area contributed by atoms with Crippen molar-refractivity contribution in [3.63, 3.8) is 0 Å². The third kappa shape index (κ3) is 2.02. The lowest BCUT2D eigenvalue weighted by Gasteiger charge is -2.02. The molecule has 0 radical (unpaired) electrons. The maximum atomic E-state index is 4.26. The Hall–Kier alpha value is -1.15. The summed E-state index contributed by atoms with van der Waals surface area (Å²) in [6.45, 7) is 0. The Kier molecular flexibility index (Phi) is 2.64. The molecule has 0 bridgehead atoms. The second-order valence-corrected chi connectivity index (χ2v) is 3.93. The van der Waals surface area contributed by atoms with Crippen molar-refractivity contribution >= 4 is 25.9 Å². The van der Waals surface area contributed by atoms with Gasteiger partial charge in [-0.05, 0) is 23.3 Å². The third-order valence-corrected chi connectivity index (χ3v) is 2.55. The minimum atomic E-state index is 1.00. The molecule has 0 atom stereocenters. The molecule has 0 fully saturated rings. The number of rotatable bonds is 1. The van der Waals surface area contributed by atoms with Gasteiger partial charge in [0, 0.05) is 4.90 Å². The molecule has 0 spiro atoms. The molecule has 0 aliphatic rings. The van der Waals surface area contributed by atoms with E-state index in [2.05, 4.69) is 56.9 Å². The van der Waals surface area contributed by atoms with Gasteiger partial charge in [-0.3, -0.25) is 0 Å². The van der Waals surface area contributed by atoms with Crippen molar-refractivity contribution in [1.82, 2.24) is 0 Å². The molecule has 2 heteroatoms. The average molecular weight is 198 g/mol. The summed E-state index contributed by atoms with van der Waals surface area (Å²) in [5.74, 6) is 0. The highest BCUT2D eigenvalue weighted by Crippen LogP contribution is 2.19. The quantitative estimate of drug-likeness (QED) is 0.525. The van der Waals surface area contributed by atoms with Crippen molar-refractivity contribution in [2.75, 3.05) is 0 Å². The lowest BCUT2D eigenvalue weighted by Crippen LogP contribution is -1.98. The van der Waals surface area contributed by atoms with Gasteiger partial charge in [0.05, 0.1) is 0 Å². The third-order valence-electron chi connectivity index (χ3n) is 2.25. The molecular weight excluding hydrogens is 187 g/mol. The molecule has 0 amide bonds. The van der Waals surface area contributed by atoms with Crippen LogP contribution in [0.1, 0.15) is 0 Å². The van der Waals surface area contributed by atoms with Crippen LogP contribution in [0.5, 0.6) is 0 Å². The second kappa shape index (κ2) is 3.93. The first-order chi connectivity index (χ1) is 6.75. The van der Waals surface area contributed by atoms with Crippen LogP contribution in [0.3, 0.4) is 0 Å². The van der Waals surface area contributed by atoms with Crippen LogP contribution in [0.2, 0.25) is 0 Å². The summed E-state index contributed by atoms with van der Waals surface area (Å²) >= 11 is 4.26. The topological polar surface area (TPSA) is 0 Å². The van der Waals surface area contributed by atoms with Gasteiger partial charge >= 0.3 is 0 Å². The molecule has 0 nitrogen and oxygen atoms in total. The van der Waals surface area contributed by atoms with E-state index in [1.165, 1.54) is 16.6 Å². The van der Waals surface area contributed by atoms with E-state index >= 15 is 0 Å². The predicted molar refractivity (Wildman–Crippen MR) is 67.3 cm³/mol. The largest absolute Gasteiger partial charge is 0.143 e. The molecule has 0 saturated carbocycles. The van der Waals surface area contributed by atoms with E-state index in [-0.39, 0.29) is 0 Å². The Bertz CT molecular complexity index is 374. The van der Waals surface area contributed by atoms with E-state index in [1.54, 1.807) is 0 Å². The molecule has 0 heterocycles. The van der Waals surface area contributed by atoms with Gasteiger partial charge in [0.1, 0.15) is 7.85 Å². The van der Waals surface area contributed by atoms with Crippen molar-refractivity contribution in [2.45, 2.75) is 4.90 Å². The summed E-state index contributed by atoms with van der Waals surface area (Å²) < 4.78 is 0. The second-order valence-electron chi connectivity index (χ2n) is 3.41. The van der Waals surface area contributed by atoms with Crippen LogP contribution >= 0.6 is 12.6 Å². The molecule has 2 aromatic rings. The van der Waals surface area contributed by atoms with Gasteiger partial charge in [-0.2, -0.15) is 0 Å². The van der Waals surface area contributed by atoms with Crippen LogP contribution in [-0.4, -0.2) is 7.85 Å². The van der Waals surface area contributed by atoms with Crippen LogP contribution in [0.25, 0.3) is 11.1 Å². The zero-order chi connectivity index (χ0) is 9.97. The fourth-order valence-electron chi connectivity index (χ4n) is 1.40. The Labute approximate surface area is 90.8 Å². The summed E-state index contributed by atoms with van der Waals surface area (Å²) in [5.41, 5.74) is 3.78. The van der Waals surface area contributed by atoms with E-state index in [0.717, 1.165) is 4.90 Å². The van der Waals surface area contributed by atoms with Gasteiger partial charge in [-0.25, -0.2) is 0 Å². The summed E-state index contributed by atoms with van der Waals surface area (Å²) in [7, 11) is 2.10. The van der Waals surface area contributed by atoms with E-state index in [4.69, 9.17) is 0 Å². The summed E-state index contributed by atoms with van der Waals surface area (Å²) in [4.78, 5) is 1.00. The Morgan fingerprint density at radius 3 is 1.64 bits per heavy atom. The number of thiol groups is 1. The van der Waals surface area contributed by atoms with Crippen molar-refractivity contribution < 1.29 is 0 Å². The van der Waals surface area contributed by atoms with Crippen molar-refractivity contribution in [2.24, 2.45) is 0 Å². The summed E-state index contributed by atoms with van der Waals surface area (Å²) in [6, 6.07) is 16.7. The Balaban J connectivity index is 2.40. The first kappa shape index (κ1) is 9.41. The van der Waals surface area contributed by atoms with Crippen LogP contribution in [0.4, 0.5) is 0 Å². The minimum Gasteiger partial charge on any atom is -0.143 e. The molecule has 0 N–H and O–H groups in total. The molecule has 2 rings (SSSR count). The van der Waals surface area contributed by atoms with Crippen molar-refractivity contribution in [3.8, 4) is 11.1 Å². The first-order valence-corrected chi connectivity index (χ1v) is 5.06. The molecule has 2 aromatic carbocycles. The smallest absolute Gasteiger partial charge is 0.139 e. The fraction of sp³-hybridized carbons (Fsp3) is 0. The van der Waals surface area contributed by atoms with E-state index in [9.17, 15) is 0 Å². The number of hydrogen-bond acceptors (Lipinski definition) is 1. The summed E-state index contributed by atoms with van der Waals surface area (Å²) in [5, 5.41) is 0. The van der Waals surface area contributed by atoms with E-state index in [1.807, 2.05) is 12.1 Å². The molecule has 0 saturated heterocycles. The van der Waals surface area contributed by atoms with Crippen LogP contribution < -0.4 is 5.46 Å². The van der Waals surface area contributed by atoms with Gasteiger partial charge < -0.3 is 0 Å². The molecule has 0 aliphatic heterocycles. The fourth-order valence-corrected chi connectivity index (χ4v) is 1.55. The van der Waals surface area contributed by atoms with Gasteiger partial charge in [-0.1, -0.05) is 41.9 Å². The maximum absolute atomic E-state index is 4.26. The number of benzene rings is 2. The molecular formula is C12H11BS. The van der Waals surface area contributed by atoms with Crippen LogP contribution in [0, 0.1) is 0 Å². The molecule has 0 unspecified atom stereocenters. The van der Waals surface area contributed by atoms with Crippen molar-refractivity contribution in [1.29, 1.82) is 0 Å². The molecule has 68 valence electrons. The summed E-state index contributed by atoms with van der Waals surface area (Å²) in [6.07, 6.45) is 0. The molecule has 0 aliphatic carbocycles. The van der Waals surface area contributed by atoms with Gasteiger partial charge in [0.15, 0.2) is 0 Å². The van der Waals surface area contributed by atoms with Gasteiger partial charge in [0.2, 0.25) is 0 Å². The van der Waals surface area contributed by atoms with Crippen LogP contribution in [0.15, 0.2) is 53.4 Å². The van der Waals surface area contributed by atoms with E-state index in [0.29, 0.717) is 0 Å². The minimum absolute atomic E-state index is 1.00. The highest BCUT2D eigenvalue weighted by Gasteiger charge is 1.95. The predicted octanol–water partition coefficient (Wildman–Crippen LogP) is 1.90. The zero-order valence-corrected chi connectivity index (χ0v) is 8.96. The first-order valence-electron chi connectivity index (χ1n) is 4.62. The zero-order valence-electron chi connectivity index (χ0n) is 8.07. The maximum Gasteiger partial charge on any atom is 0.139 e. The van der Waals surface area contributed by atoms with E-state index < -0.39 is 0 Å². The molecule has 0 aromatic heterocycles. The SMILES string of the molecule is Bc1ccc(-c2ccc(S)cc2)cc1. The monoisotopic (exact) mass is 198 g/mol. The van der Waals surface area contributed by atoms with Gasteiger partial charge in [0.25, 0.3) is 0 Å². The number of hydrogen-bond donors (Lipinski definition) is 1. The lowest BCUT2D eigenvalue weighted by atomic mass is 9.94.